The van der Waals surface area contributed by atoms with Gasteiger partial charge in [-0.15, -0.1) is 0 Å². The number of hydrogen-bond acceptors (Lipinski definition) is 3. The molecule has 100 valence electrons. The maximum absolute atomic E-state index is 11.6. The third-order valence-corrected chi connectivity index (χ3v) is 5.82. The van der Waals surface area contributed by atoms with Crippen molar-refractivity contribution >= 4 is 15.8 Å². The van der Waals surface area contributed by atoms with E-state index < -0.39 is 21.2 Å². The van der Waals surface area contributed by atoms with Crippen LogP contribution in [0.2, 0.25) is 0 Å². The van der Waals surface area contributed by atoms with Crippen LogP contribution in [0.3, 0.4) is 0 Å². The minimum atomic E-state index is -3.01. The van der Waals surface area contributed by atoms with Crippen LogP contribution >= 0.6 is 0 Å². The van der Waals surface area contributed by atoms with Crippen molar-refractivity contribution in [2.75, 3.05) is 11.5 Å². The largest absolute Gasteiger partial charge is 0.481 e. The summed E-state index contributed by atoms with van der Waals surface area (Å²) in [6.45, 7) is 3.88. The molecule has 1 aliphatic heterocycles. The second-order valence-corrected chi connectivity index (χ2v) is 7.25. The molecular weight excluding hydrogens is 240 g/mol. The van der Waals surface area contributed by atoms with Gasteiger partial charge in [0.2, 0.25) is 0 Å². The first-order valence-corrected chi connectivity index (χ1v) is 8.14. The summed E-state index contributed by atoms with van der Waals surface area (Å²) in [5, 5.41) is 9.49. The van der Waals surface area contributed by atoms with Crippen LogP contribution in [-0.4, -0.2) is 31.0 Å². The third kappa shape index (κ3) is 3.00. The molecule has 5 heteroatoms. The first-order chi connectivity index (χ1) is 7.88. The van der Waals surface area contributed by atoms with Crippen molar-refractivity contribution in [1.82, 2.24) is 0 Å². The van der Waals surface area contributed by atoms with Gasteiger partial charge in [0, 0.05) is 0 Å². The van der Waals surface area contributed by atoms with E-state index in [1.807, 2.05) is 13.8 Å². The quantitative estimate of drug-likeness (QED) is 0.795. The number of carboxylic acids is 1. The molecule has 2 unspecified atom stereocenters. The van der Waals surface area contributed by atoms with E-state index in [4.69, 9.17) is 0 Å². The summed E-state index contributed by atoms with van der Waals surface area (Å²) < 4.78 is 23.0. The molecule has 0 aromatic carbocycles. The standard InChI is InChI=1S/C12H22O4S/c1-3-5-7-12(4-2,11(13)14)10-6-8-17(15,16)9-10/h10H,3-9H2,1-2H3,(H,13,14). The molecule has 1 fully saturated rings. The van der Waals surface area contributed by atoms with Crippen molar-refractivity contribution in [2.24, 2.45) is 11.3 Å². The fourth-order valence-corrected chi connectivity index (χ4v) is 4.73. The average Bonchev–Trinajstić information content (AvgIpc) is 2.61. The molecule has 0 amide bonds. The molecule has 17 heavy (non-hydrogen) atoms. The molecular formula is C12H22O4S. The second-order valence-electron chi connectivity index (χ2n) is 5.02. The van der Waals surface area contributed by atoms with E-state index in [1.165, 1.54) is 0 Å². The van der Waals surface area contributed by atoms with E-state index in [-0.39, 0.29) is 17.4 Å². The first-order valence-electron chi connectivity index (χ1n) is 6.31. The van der Waals surface area contributed by atoms with Crippen LogP contribution in [0.15, 0.2) is 0 Å². The molecule has 0 radical (unpaired) electrons. The van der Waals surface area contributed by atoms with Gasteiger partial charge in [-0.25, -0.2) is 8.42 Å². The lowest BCUT2D eigenvalue weighted by Gasteiger charge is -2.33. The Kier molecular flexibility index (Phi) is 4.58. The number of carboxylic acid groups (broad SMARTS) is 1. The lowest BCUT2D eigenvalue weighted by atomic mass is 9.69. The number of sulfone groups is 1. The van der Waals surface area contributed by atoms with Crippen molar-refractivity contribution in [3.05, 3.63) is 0 Å². The molecule has 0 aliphatic carbocycles. The minimum absolute atomic E-state index is 0.0524. The predicted octanol–water partition coefficient (Wildman–Crippen LogP) is 2.09. The molecule has 0 spiro atoms. The number of carbonyl (C=O) groups is 1. The summed E-state index contributed by atoms with van der Waals surface area (Å²) in [5.41, 5.74) is -0.834. The number of rotatable bonds is 6. The number of hydrogen-bond donors (Lipinski definition) is 1. The van der Waals surface area contributed by atoms with Crippen molar-refractivity contribution < 1.29 is 18.3 Å². The third-order valence-electron chi connectivity index (χ3n) is 4.05. The summed E-state index contributed by atoms with van der Waals surface area (Å²) in [5.74, 6) is -0.826. The van der Waals surface area contributed by atoms with Gasteiger partial charge in [0.1, 0.15) is 0 Å². The molecule has 0 aromatic rings. The van der Waals surface area contributed by atoms with Gasteiger partial charge in [0.15, 0.2) is 9.84 Å². The van der Waals surface area contributed by atoms with Crippen LogP contribution < -0.4 is 0 Å². The van der Waals surface area contributed by atoms with Gasteiger partial charge >= 0.3 is 5.97 Å². The first kappa shape index (κ1) is 14.5. The summed E-state index contributed by atoms with van der Waals surface area (Å²) in [6.07, 6.45) is 3.40. The van der Waals surface area contributed by atoms with Crippen LogP contribution in [0.1, 0.15) is 46.0 Å². The highest BCUT2D eigenvalue weighted by atomic mass is 32.2. The monoisotopic (exact) mass is 262 g/mol. The lowest BCUT2D eigenvalue weighted by molar-refractivity contribution is -0.153. The molecule has 1 rings (SSSR count). The van der Waals surface area contributed by atoms with E-state index in [9.17, 15) is 18.3 Å². The van der Waals surface area contributed by atoms with Crippen LogP contribution in [0.4, 0.5) is 0 Å². The zero-order valence-electron chi connectivity index (χ0n) is 10.6. The molecule has 0 bridgehead atoms. The Hall–Kier alpha value is -0.580. The van der Waals surface area contributed by atoms with Crippen molar-refractivity contribution in [3.8, 4) is 0 Å². The summed E-state index contributed by atoms with van der Waals surface area (Å²) in [4.78, 5) is 11.6. The van der Waals surface area contributed by atoms with E-state index in [1.54, 1.807) is 0 Å². The molecule has 1 saturated heterocycles. The molecule has 0 saturated carbocycles. The van der Waals surface area contributed by atoms with E-state index in [0.717, 1.165) is 12.8 Å². The van der Waals surface area contributed by atoms with Gasteiger partial charge in [0.05, 0.1) is 16.9 Å². The van der Waals surface area contributed by atoms with E-state index in [0.29, 0.717) is 19.3 Å². The highest BCUT2D eigenvalue weighted by Gasteiger charge is 2.48. The van der Waals surface area contributed by atoms with Crippen LogP contribution in [0.25, 0.3) is 0 Å². The second kappa shape index (κ2) is 5.38. The normalized spacial score (nSPS) is 26.6. The molecule has 0 aromatic heterocycles. The fourth-order valence-electron chi connectivity index (χ4n) is 2.83. The number of unbranched alkanes of at least 4 members (excludes halogenated alkanes) is 1. The average molecular weight is 262 g/mol. The zero-order valence-corrected chi connectivity index (χ0v) is 11.4. The van der Waals surface area contributed by atoms with Gasteiger partial charge in [0.25, 0.3) is 0 Å². The Morgan fingerprint density at radius 3 is 2.41 bits per heavy atom. The van der Waals surface area contributed by atoms with Crippen LogP contribution in [0.5, 0.6) is 0 Å². The van der Waals surface area contributed by atoms with Gasteiger partial charge in [-0.1, -0.05) is 26.7 Å². The SMILES string of the molecule is CCCCC(CC)(C(=O)O)C1CCS(=O)(=O)C1. The van der Waals surface area contributed by atoms with Gasteiger partial charge in [-0.2, -0.15) is 0 Å². The maximum Gasteiger partial charge on any atom is 0.309 e. The summed E-state index contributed by atoms with van der Waals surface area (Å²) in [6, 6.07) is 0. The Morgan fingerprint density at radius 2 is 2.06 bits per heavy atom. The van der Waals surface area contributed by atoms with Gasteiger partial charge in [-0.05, 0) is 25.2 Å². The smallest absolute Gasteiger partial charge is 0.309 e. The van der Waals surface area contributed by atoms with Gasteiger partial charge < -0.3 is 5.11 Å². The maximum atomic E-state index is 11.6. The predicted molar refractivity (Wildman–Crippen MR) is 66.6 cm³/mol. The Morgan fingerprint density at radius 1 is 1.41 bits per heavy atom. The summed E-state index contributed by atoms with van der Waals surface area (Å²) in [7, 11) is -3.01. The van der Waals surface area contributed by atoms with Crippen LogP contribution in [-0.2, 0) is 14.6 Å². The zero-order chi connectivity index (χ0) is 13.1. The topological polar surface area (TPSA) is 71.4 Å². The van der Waals surface area contributed by atoms with Crippen molar-refractivity contribution in [2.45, 2.75) is 46.0 Å². The molecule has 2 atom stereocenters. The van der Waals surface area contributed by atoms with Crippen molar-refractivity contribution in [1.29, 1.82) is 0 Å². The molecule has 1 aliphatic rings. The highest BCUT2D eigenvalue weighted by Crippen LogP contribution is 2.43. The molecule has 1 N–H and O–H groups in total. The van der Waals surface area contributed by atoms with E-state index in [2.05, 4.69) is 0 Å². The molecule has 4 nitrogen and oxygen atoms in total. The van der Waals surface area contributed by atoms with Gasteiger partial charge in [-0.3, -0.25) is 4.79 Å². The van der Waals surface area contributed by atoms with Crippen LogP contribution in [0, 0.1) is 11.3 Å². The fraction of sp³-hybridized carbons (Fsp3) is 0.917. The number of aliphatic carboxylic acids is 1. The Balaban J connectivity index is 2.94. The molecule has 1 heterocycles. The lowest BCUT2D eigenvalue weighted by Crippen LogP contribution is -2.39. The Labute approximate surface area is 103 Å². The van der Waals surface area contributed by atoms with E-state index >= 15 is 0 Å². The minimum Gasteiger partial charge on any atom is -0.481 e. The highest BCUT2D eigenvalue weighted by molar-refractivity contribution is 7.91. The Bertz CT molecular complexity index is 374. The summed E-state index contributed by atoms with van der Waals surface area (Å²) >= 11 is 0. The van der Waals surface area contributed by atoms with Crippen molar-refractivity contribution in [3.63, 3.8) is 0 Å².